The van der Waals surface area contributed by atoms with Gasteiger partial charge in [-0.2, -0.15) is 0 Å². The van der Waals surface area contributed by atoms with E-state index in [0.717, 1.165) is 23.8 Å². The molecular weight excluding hydrogens is 194 g/mol. The fraction of sp³-hybridized carbons (Fsp3) is 0.500. The fourth-order valence-corrected chi connectivity index (χ4v) is 2.78. The van der Waals surface area contributed by atoms with Crippen molar-refractivity contribution in [3.05, 3.63) is 23.5 Å². The van der Waals surface area contributed by atoms with Crippen molar-refractivity contribution in [3.8, 4) is 0 Å². The van der Waals surface area contributed by atoms with Gasteiger partial charge >= 0.3 is 0 Å². The van der Waals surface area contributed by atoms with Crippen molar-refractivity contribution >= 4 is 16.3 Å². The van der Waals surface area contributed by atoms with Crippen LogP contribution >= 0.6 is 11.3 Å². The van der Waals surface area contributed by atoms with E-state index in [-0.39, 0.29) is 0 Å². The molecule has 1 atom stereocenters. The first-order chi connectivity index (χ1) is 6.92. The molecule has 1 aliphatic heterocycles. The number of fused-ring (bicyclic) bond motifs is 1. The van der Waals surface area contributed by atoms with Gasteiger partial charge in [-0.05, 0) is 31.8 Å². The Balaban J connectivity index is 1.80. The molecule has 3 rings (SSSR count). The van der Waals surface area contributed by atoms with Crippen LogP contribution in [0.2, 0.25) is 0 Å². The lowest BCUT2D eigenvalue weighted by Gasteiger charge is -2.03. The molecule has 0 bridgehead atoms. The van der Waals surface area contributed by atoms with Gasteiger partial charge < -0.3 is 5.32 Å². The average molecular weight is 207 g/mol. The molecule has 0 aliphatic carbocycles. The van der Waals surface area contributed by atoms with Crippen molar-refractivity contribution in [2.75, 3.05) is 13.1 Å². The van der Waals surface area contributed by atoms with Crippen LogP contribution in [-0.2, 0) is 6.42 Å². The Kier molecular flexibility index (Phi) is 2.03. The summed E-state index contributed by atoms with van der Waals surface area (Å²) in [4.78, 5) is 5.71. The van der Waals surface area contributed by atoms with Crippen molar-refractivity contribution in [1.82, 2.24) is 14.7 Å². The number of imidazole rings is 1. The summed E-state index contributed by atoms with van der Waals surface area (Å²) in [6, 6.07) is 0. The molecule has 1 unspecified atom stereocenters. The van der Waals surface area contributed by atoms with Gasteiger partial charge in [-0.3, -0.25) is 4.40 Å². The van der Waals surface area contributed by atoms with E-state index < -0.39 is 0 Å². The molecule has 0 saturated carbocycles. The van der Waals surface area contributed by atoms with Crippen molar-refractivity contribution in [2.24, 2.45) is 5.92 Å². The average Bonchev–Trinajstić information content (AvgIpc) is 2.78. The van der Waals surface area contributed by atoms with E-state index in [1.807, 2.05) is 0 Å². The summed E-state index contributed by atoms with van der Waals surface area (Å²) >= 11 is 1.70. The van der Waals surface area contributed by atoms with E-state index in [4.69, 9.17) is 0 Å². The highest BCUT2D eigenvalue weighted by Crippen LogP contribution is 2.17. The summed E-state index contributed by atoms with van der Waals surface area (Å²) in [6.45, 7) is 2.33. The Morgan fingerprint density at radius 3 is 3.43 bits per heavy atom. The zero-order valence-electron chi connectivity index (χ0n) is 7.94. The second kappa shape index (κ2) is 3.37. The molecule has 3 heterocycles. The molecule has 14 heavy (non-hydrogen) atoms. The van der Waals surface area contributed by atoms with Gasteiger partial charge in [0.05, 0.1) is 5.69 Å². The van der Waals surface area contributed by atoms with Crippen molar-refractivity contribution in [3.63, 3.8) is 0 Å². The normalized spacial score (nSPS) is 22.1. The molecule has 74 valence electrons. The summed E-state index contributed by atoms with van der Waals surface area (Å²) in [7, 11) is 0. The lowest BCUT2D eigenvalue weighted by molar-refractivity contribution is 0.573. The van der Waals surface area contributed by atoms with Crippen molar-refractivity contribution in [2.45, 2.75) is 12.8 Å². The molecule has 1 fully saturated rings. The largest absolute Gasteiger partial charge is 0.316 e. The van der Waals surface area contributed by atoms with Crippen LogP contribution in [0.4, 0.5) is 0 Å². The Morgan fingerprint density at radius 2 is 2.64 bits per heavy atom. The molecule has 4 heteroatoms. The Morgan fingerprint density at radius 1 is 1.64 bits per heavy atom. The molecule has 3 nitrogen and oxygen atoms in total. The van der Waals surface area contributed by atoms with E-state index in [2.05, 4.69) is 32.5 Å². The van der Waals surface area contributed by atoms with Gasteiger partial charge in [0.1, 0.15) is 0 Å². The predicted molar refractivity (Wildman–Crippen MR) is 57.7 cm³/mol. The summed E-state index contributed by atoms with van der Waals surface area (Å²) in [5.74, 6) is 0.791. The summed E-state index contributed by atoms with van der Waals surface area (Å²) < 4.78 is 2.11. The highest BCUT2D eigenvalue weighted by Gasteiger charge is 2.16. The van der Waals surface area contributed by atoms with Crippen molar-refractivity contribution < 1.29 is 0 Å². The number of nitrogens with zero attached hydrogens (tertiary/aromatic N) is 2. The number of aromatic nitrogens is 2. The van der Waals surface area contributed by atoms with Crippen LogP contribution in [0.5, 0.6) is 0 Å². The van der Waals surface area contributed by atoms with Gasteiger partial charge in [0, 0.05) is 17.8 Å². The lowest BCUT2D eigenvalue weighted by atomic mass is 10.0. The molecule has 0 spiro atoms. The minimum Gasteiger partial charge on any atom is -0.316 e. The maximum atomic E-state index is 4.59. The minimum absolute atomic E-state index is 0.791. The number of nitrogens with one attached hydrogen (secondary N) is 1. The molecule has 1 aliphatic rings. The van der Waals surface area contributed by atoms with Gasteiger partial charge in [-0.1, -0.05) is 0 Å². The highest BCUT2D eigenvalue weighted by molar-refractivity contribution is 7.15. The van der Waals surface area contributed by atoms with Crippen LogP contribution in [0.1, 0.15) is 12.1 Å². The minimum atomic E-state index is 0.791. The van der Waals surface area contributed by atoms with Crippen LogP contribution in [0.3, 0.4) is 0 Å². The summed E-state index contributed by atoms with van der Waals surface area (Å²) in [5, 5.41) is 5.46. The third-order valence-electron chi connectivity index (χ3n) is 2.80. The monoisotopic (exact) mass is 207 g/mol. The summed E-state index contributed by atoms with van der Waals surface area (Å²) in [6.07, 6.45) is 6.65. The van der Waals surface area contributed by atoms with Gasteiger partial charge in [0.25, 0.3) is 0 Å². The van der Waals surface area contributed by atoms with Gasteiger partial charge in [-0.15, -0.1) is 11.3 Å². The first-order valence-corrected chi connectivity index (χ1v) is 5.91. The number of hydrogen-bond donors (Lipinski definition) is 1. The molecule has 0 radical (unpaired) electrons. The first kappa shape index (κ1) is 8.44. The second-order valence-corrected chi connectivity index (χ2v) is 4.76. The van der Waals surface area contributed by atoms with Gasteiger partial charge in [-0.25, -0.2) is 4.98 Å². The molecule has 1 N–H and O–H groups in total. The molecular formula is C10H13N3S. The molecule has 2 aromatic heterocycles. The van der Waals surface area contributed by atoms with Crippen LogP contribution in [0, 0.1) is 5.92 Å². The van der Waals surface area contributed by atoms with Gasteiger partial charge in [0.15, 0.2) is 4.96 Å². The third kappa shape index (κ3) is 1.44. The molecule has 0 amide bonds. The van der Waals surface area contributed by atoms with Crippen LogP contribution in [0.15, 0.2) is 17.8 Å². The van der Waals surface area contributed by atoms with Crippen LogP contribution in [-0.4, -0.2) is 22.5 Å². The molecule has 0 aromatic carbocycles. The van der Waals surface area contributed by atoms with Crippen LogP contribution < -0.4 is 5.32 Å². The maximum absolute atomic E-state index is 4.59. The van der Waals surface area contributed by atoms with E-state index in [0.29, 0.717) is 0 Å². The van der Waals surface area contributed by atoms with E-state index in [9.17, 15) is 0 Å². The maximum Gasteiger partial charge on any atom is 0.193 e. The smallest absolute Gasteiger partial charge is 0.193 e. The Hall–Kier alpha value is -0.870. The summed E-state index contributed by atoms with van der Waals surface area (Å²) in [5.41, 5.74) is 1.24. The lowest BCUT2D eigenvalue weighted by Crippen LogP contribution is -2.10. The molecule has 1 saturated heterocycles. The van der Waals surface area contributed by atoms with Crippen molar-refractivity contribution in [1.29, 1.82) is 0 Å². The second-order valence-electron chi connectivity index (χ2n) is 3.89. The number of rotatable bonds is 2. The number of thiazole rings is 1. The van der Waals surface area contributed by atoms with E-state index in [1.165, 1.54) is 18.7 Å². The predicted octanol–water partition coefficient (Wildman–Crippen LogP) is 1.55. The zero-order chi connectivity index (χ0) is 9.38. The van der Waals surface area contributed by atoms with E-state index >= 15 is 0 Å². The Labute approximate surface area is 86.8 Å². The Bertz CT molecular complexity index is 397. The third-order valence-corrected chi connectivity index (χ3v) is 3.57. The quantitative estimate of drug-likeness (QED) is 0.809. The zero-order valence-corrected chi connectivity index (χ0v) is 8.76. The van der Waals surface area contributed by atoms with Gasteiger partial charge in [0.2, 0.25) is 0 Å². The van der Waals surface area contributed by atoms with Crippen LogP contribution in [0.25, 0.3) is 4.96 Å². The van der Waals surface area contributed by atoms with E-state index in [1.54, 1.807) is 11.3 Å². The fourth-order valence-electron chi connectivity index (χ4n) is 2.06. The highest BCUT2D eigenvalue weighted by atomic mass is 32.1. The standard InChI is InChI=1S/C10H13N3S/c1-2-11-6-8(1)5-9-7-13-3-4-14-10(13)12-9/h3-4,7-8,11H,1-2,5-6H2. The first-order valence-electron chi connectivity index (χ1n) is 5.03. The SMILES string of the molecule is c1cn2cc(CC3CCNC3)nc2s1. The topological polar surface area (TPSA) is 29.3 Å². The molecule has 2 aromatic rings. The number of hydrogen-bond acceptors (Lipinski definition) is 3.